The van der Waals surface area contributed by atoms with Gasteiger partial charge in [-0.2, -0.15) is 15.6 Å². The Morgan fingerprint density at radius 2 is 1.31 bits per heavy atom. The fourth-order valence-corrected chi connectivity index (χ4v) is 4.61. The Hall–Kier alpha value is -4.26. The quantitative estimate of drug-likeness (QED) is 0.554. The molecule has 3 aromatic rings. The number of ketones is 2. The van der Waals surface area contributed by atoms with Gasteiger partial charge in [-0.3, -0.25) is 9.59 Å². The van der Waals surface area contributed by atoms with E-state index in [-0.39, 0.29) is 16.8 Å². The lowest BCUT2D eigenvalue weighted by Crippen LogP contribution is -2.63. The van der Waals surface area contributed by atoms with E-state index in [2.05, 4.69) is 5.10 Å². The van der Waals surface area contributed by atoms with E-state index in [1.165, 1.54) is 17.1 Å². The summed E-state index contributed by atoms with van der Waals surface area (Å²) in [5.41, 5.74) is -3.17. The second-order valence-electron chi connectivity index (χ2n) is 7.49. The molecule has 152 valence electrons. The number of nitrogens with zero attached hydrogens (tertiary/aromatic N) is 4. The van der Waals surface area contributed by atoms with Gasteiger partial charge in [0.25, 0.3) is 0 Å². The number of anilines is 1. The van der Waals surface area contributed by atoms with Crippen molar-refractivity contribution < 1.29 is 9.59 Å². The number of halogens is 1. The fraction of sp³-hybridized carbons (Fsp3) is 0.0800. The molecule has 5 rings (SSSR count). The topological polar surface area (TPSA) is 97.3 Å². The molecule has 1 aliphatic carbocycles. The van der Waals surface area contributed by atoms with Crippen molar-refractivity contribution in [3.05, 3.63) is 101 Å². The molecule has 0 fully saturated rings. The first-order valence-corrected chi connectivity index (χ1v) is 10.1. The third-order valence-corrected chi connectivity index (χ3v) is 6.19. The molecular formula is C25H13ClN4O2. The van der Waals surface area contributed by atoms with Gasteiger partial charge in [-0.15, -0.1) is 0 Å². The highest BCUT2D eigenvalue weighted by molar-refractivity contribution is 6.40. The number of benzene rings is 3. The number of fused-ring (bicyclic) bond motifs is 1. The van der Waals surface area contributed by atoms with E-state index in [1.807, 2.05) is 12.1 Å². The van der Waals surface area contributed by atoms with Crippen LogP contribution >= 0.6 is 11.6 Å². The number of para-hydroxylation sites is 1. The summed E-state index contributed by atoms with van der Waals surface area (Å²) >= 11 is 6.02. The Morgan fingerprint density at radius 3 is 1.84 bits per heavy atom. The van der Waals surface area contributed by atoms with Crippen LogP contribution < -0.4 is 5.01 Å². The molecule has 1 heterocycles. The molecule has 0 atom stereocenters. The zero-order valence-electron chi connectivity index (χ0n) is 16.5. The highest BCUT2D eigenvalue weighted by Gasteiger charge is 2.75. The number of hydrogen-bond donors (Lipinski definition) is 0. The summed E-state index contributed by atoms with van der Waals surface area (Å²) in [4.78, 5) is 27.8. The first-order valence-electron chi connectivity index (χ1n) is 9.72. The summed E-state index contributed by atoms with van der Waals surface area (Å²) in [6.45, 7) is 0. The molecule has 0 saturated heterocycles. The minimum absolute atomic E-state index is 0.0255. The van der Waals surface area contributed by atoms with Gasteiger partial charge in [0, 0.05) is 21.7 Å². The molecule has 0 unspecified atom stereocenters. The Kier molecular flexibility index (Phi) is 4.23. The monoisotopic (exact) mass is 436 g/mol. The van der Waals surface area contributed by atoms with Crippen molar-refractivity contribution in [3.63, 3.8) is 0 Å². The van der Waals surface area contributed by atoms with Gasteiger partial charge in [-0.25, -0.2) is 5.01 Å². The third kappa shape index (κ3) is 2.25. The van der Waals surface area contributed by atoms with E-state index in [9.17, 15) is 20.1 Å². The predicted octanol–water partition coefficient (Wildman–Crippen LogP) is 4.42. The van der Waals surface area contributed by atoms with E-state index < -0.39 is 22.5 Å². The fourth-order valence-electron chi connectivity index (χ4n) is 4.48. The Bertz CT molecular complexity index is 1350. The second-order valence-corrected chi connectivity index (χ2v) is 7.93. The molecule has 0 bridgehead atoms. The van der Waals surface area contributed by atoms with Gasteiger partial charge >= 0.3 is 0 Å². The molecule has 0 saturated carbocycles. The van der Waals surface area contributed by atoms with Crippen LogP contribution in [0, 0.1) is 28.1 Å². The number of carbonyl (C=O) groups is 2. The maximum atomic E-state index is 13.9. The highest BCUT2D eigenvalue weighted by Crippen LogP contribution is 2.53. The number of Topliss-reactive ketones (excluding diaryl/α,β-unsaturated/α-hetero) is 2. The highest BCUT2D eigenvalue weighted by atomic mass is 35.5. The smallest absolute Gasteiger partial charge is 0.227 e. The van der Waals surface area contributed by atoms with Gasteiger partial charge in [0.05, 0.1) is 17.8 Å². The lowest BCUT2D eigenvalue weighted by Gasteiger charge is -2.36. The Morgan fingerprint density at radius 1 is 0.781 bits per heavy atom. The van der Waals surface area contributed by atoms with Crippen LogP contribution in [0.5, 0.6) is 0 Å². The molecule has 0 aromatic heterocycles. The minimum Gasteiger partial charge on any atom is -0.291 e. The first kappa shape index (κ1) is 19.7. The summed E-state index contributed by atoms with van der Waals surface area (Å²) in [6, 6.07) is 25.4. The molecule has 0 radical (unpaired) electrons. The number of hydrazone groups is 1. The van der Waals surface area contributed by atoms with Crippen LogP contribution in [-0.2, 0) is 0 Å². The molecule has 3 aromatic carbocycles. The van der Waals surface area contributed by atoms with E-state index in [1.54, 1.807) is 66.7 Å². The van der Waals surface area contributed by atoms with Crippen LogP contribution in [0.25, 0.3) is 0 Å². The van der Waals surface area contributed by atoms with Crippen LogP contribution in [0.1, 0.15) is 26.3 Å². The average Bonchev–Trinajstić information content (AvgIpc) is 3.27. The molecule has 0 N–H and O–H groups in total. The van der Waals surface area contributed by atoms with Gasteiger partial charge in [0.15, 0.2) is 0 Å². The Labute approximate surface area is 188 Å². The molecule has 0 amide bonds. The van der Waals surface area contributed by atoms with Crippen molar-refractivity contribution in [2.24, 2.45) is 10.5 Å². The van der Waals surface area contributed by atoms with E-state index in [0.29, 0.717) is 16.3 Å². The number of hydrogen-bond acceptors (Lipinski definition) is 6. The van der Waals surface area contributed by atoms with Crippen molar-refractivity contribution in [3.8, 4) is 12.1 Å². The van der Waals surface area contributed by atoms with E-state index in [0.717, 1.165) is 0 Å². The summed E-state index contributed by atoms with van der Waals surface area (Å²) in [5.74, 6) is -1.25. The predicted molar refractivity (Wildman–Crippen MR) is 118 cm³/mol. The average molecular weight is 437 g/mol. The van der Waals surface area contributed by atoms with Crippen LogP contribution in [0.15, 0.2) is 84.0 Å². The minimum atomic E-state index is -2.19. The lowest BCUT2D eigenvalue weighted by atomic mass is 9.64. The molecule has 1 aliphatic heterocycles. The number of rotatable bonds is 2. The summed E-state index contributed by atoms with van der Waals surface area (Å²) in [5, 5.41) is 27.1. The van der Waals surface area contributed by atoms with Crippen molar-refractivity contribution in [1.29, 1.82) is 10.5 Å². The molecular weight excluding hydrogens is 424 g/mol. The molecule has 7 heteroatoms. The number of nitriles is 2. The van der Waals surface area contributed by atoms with Gasteiger partial charge in [0.2, 0.25) is 22.5 Å². The van der Waals surface area contributed by atoms with Gasteiger partial charge in [0.1, 0.15) is 5.71 Å². The lowest BCUT2D eigenvalue weighted by molar-refractivity contribution is 0.0758. The van der Waals surface area contributed by atoms with Gasteiger partial charge in [-0.1, -0.05) is 66.2 Å². The van der Waals surface area contributed by atoms with Gasteiger partial charge in [-0.05, 0) is 24.3 Å². The van der Waals surface area contributed by atoms with Crippen LogP contribution in [0.2, 0.25) is 5.02 Å². The maximum absolute atomic E-state index is 13.9. The molecule has 1 spiro atoms. The zero-order chi connectivity index (χ0) is 22.5. The number of carbonyl (C=O) groups excluding carboxylic acids is 2. The molecule has 6 nitrogen and oxygen atoms in total. The van der Waals surface area contributed by atoms with E-state index in [4.69, 9.17) is 11.6 Å². The normalized spacial score (nSPS) is 17.6. The van der Waals surface area contributed by atoms with Crippen LogP contribution in [0.3, 0.4) is 0 Å². The van der Waals surface area contributed by atoms with Crippen molar-refractivity contribution in [2.75, 3.05) is 5.01 Å². The Balaban J connectivity index is 1.87. The summed E-state index contributed by atoms with van der Waals surface area (Å²) < 4.78 is 0. The maximum Gasteiger partial charge on any atom is 0.227 e. The van der Waals surface area contributed by atoms with Gasteiger partial charge < -0.3 is 0 Å². The zero-order valence-corrected chi connectivity index (χ0v) is 17.2. The SMILES string of the molecule is N#CC1(C#N)C(c2ccc(Cl)cc2)=NN(c2ccccc2)C12C(=O)c1ccccc1C2=O. The summed E-state index contributed by atoms with van der Waals surface area (Å²) in [6.07, 6.45) is 0. The molecule has 2 aliphatic rings. The molecule has 32 heavy (non-hydrogen) atoms. The standard InChI is InChI=1S/C25H13ClN4O2/c26-17-12-10-16(11-13-17)21-24(14-27,15-28)25(30(29-21)18-6-2-1-3-7-18)22(31)19-8-4-5-9-20(19)23(25)32/h1-13H. The van der Waals surface area contributed by atoms with Crippen molar-refractivity contribution >= 4 is 34.6 Å². The van der Waals surface area contributed by atoms with E-state index >= 15 is 0 Å². The largest absolute Gasteiger partial charge is 0.291 e. The summed E-state index contributed by atoms with van der Waals surface area (Å²) in [7, 11) is 0. The van der Waals surface area contributed by atoms with Crippen molar-refractivity contribution in [2.45, 2.75) is 5.54 Å². The third-order valence-electron chi connectivity index (χ3n) is 5.94. The second kappa shape index (κ2) is 6.88. The van der Waals surface area contributed by atoms with Crippen molar-refractivity contribution in [1.82, 2.24) is 0 Å². The van der Waals surface area contributed by atoms with Crippen LogP contribution in [-0.4, -0.2) is 22.8 Å². The first-order chi connectivity index (χ1) is 15.5. The van der Waals surface area contributed by atoms with Crippen LogP contribution in [0.4, 0.5) is 5.69 Å².